The molecular weight excluding hydrogens is 370 g/mol. The van der Waals surface area contributed by atoms with E-state index in [1.165, 1.54) is 0 Å². The lowest BCUT2D eigenvalue weighted by Crippen LogP contribution is -2.42. The van der Waals surface area contributed by atoms with E-state index >= 15 is 0 Å². The topological polar surface area (TPSA) is 38.3 Å². The number of nitrogens with one attached hydrogen (secondary N) is 1. The molecule has 0 aliphatic carbocycles. The lowest BCUT2D eigenvalue weighted by molar-refractivity contribution is 0.269. The maximum absolute atomic E-state index is 12.6. The Morgan fingerprint density at radius 3 is 2.08 bits per heavy atom. The van der Waals surface area contributed by atoms with Gasteiger partial charge in [0.2, 0.25) is 0 Å². The van der Waals surface area contributed by atoms with E-state index in [1.807, 2.05) is 45.0 Å². The van der Waals surface area contributed by atoms with Gasteiger partial charge in [0.25, 0.3) is 0 Å². The van der Waals surface area contributed by atoms with Crippen LogP contribution in [0.2, 0.25) is 23.2 Å². The molecule has 0 aliphatic heterocycles. The largest absolute Gasteiger partial charge is 0.417 e. The van der Waals surface area contributed by atoms with Gasteiger partial charge >= 0.3 is 0 Å². The Kier molecular flexibility index (Phi) is 7.91. The first-order valence-corrected chi connectivity index (χ1v) is 13.2. The molecule has 0 aliphatic rings. The summed E-state index contributed by atoms with van der Waals surface area (Å²) in [7, 11) is -2.93. The van der Waals surface area contributed by atoms with Crippen LogP contribution >= 0.6 is 11.6 Å². The van der Waals surface area contributed by atoms with Gasteiger partial charge in [0.15, 0.2) is 8.32 Å². The Morgan fingerprint density at radius 2 is 1.64 bits per heavy atom. The molecule has 144 valence electrons. The SMILES string of the molecule is CC(C)(C)[S@@](=O)N[C@@H](CCO[Si](C)(C)C(C)(C)C)c1ccc(Cl)cc1. The van der Waals surface area contributed by atoms with Crippen LogP contribution in [0.3, 0.4) is 0 Å². The average Bonchev–Trinajstić information content (AvgIpc) is 2.44. The molecule has 1 N–H and O–H groups in total. The molecular formula is C19H34ClNO2SSi. The van der Waals surface area contributed by atoms with Crippen molar-refractivity contribution in [2.75, 3.05) is 6.61 Å². The van der Waals surface area contributed by atoms with Gasteiger partial charge in [-0.05, 0) is 63.0 Å². The molecule has 1 aromatic carbocycles. The summed E-state index contributed by atoms with van der Waals surface area (Å²) in [5, 5.41) is 0.890. The van der Waals surface area contributed by atoms with Gasteiger partial charge in [-0.25, -0.2) is 8.93 Å². The van der Waals surface area contributed by atoms with Crippen molar-refractivity contribution in [3.05, 3.63) is 34.9 Å². The fraction of sp³-hybridized carbons (Fsp3) is 0.684. The van der Waals surface area contributed by atoms with Gasteiger partial charge < -0.3 is 4.43 Å². The molecule has 0 radical (unpaired) electrons. The first-order valence-electron chi connectivity index (χ1n) is 8.81. The van der Waals surface area contributed by atoms with Crippen molar-refractivity contribution >= 4 is 30.9 Å². The molecule has 2 atom stereocenters. The predicted molar refractivity (Wildman–Crippen MR) is 113 cm³/mol. The van der Waals surface area contributed by atoms with Gasteiger partial charge in [0, 0.05) is 17.7 Å². The fourth-order valence-corrected chi connectivity index (χ4v) is 4.00. The average molecular weight is 404 g/mol. The monoisotopic (exact) mass is 403 g/mol. The van der Waals surface area contributed by atoms with Crippen molar-refractivity contribution in [3.63, 3.8) is 0 Å². The van der Waals surface area contributed by atoms with Gasteiger partial charge in [0.1, 0.15) is 0 Å². The zero-order valence-electron chi connectivity index (χ0n) is 16.9. The lowest BCUT2D eigenvalue weighted by atomic mass is 10.1. The summed E-state index contributed by atoms with van der Waals surface area (Å²) in [5.74, 6) is 0. The third kappa shape index (κ3) is 7.14. The molecule has 6 heteroatoms. The Labute approximate surface area is 162 Å². The van der Waals surface area contributed by atoms with E-state index in [4.69, 9.17) is 16.0 Å². The van der Waals surface area contributed by atoms with Crippen LogP contribution in [0.4, 0.5) is 0 Å². The summed E-state index contributed by atoms with van der Waals surface area (Å²) in [6, 6.07) is 7.71. The minimum absolute atomic E-state index is 0.0258. The van der Waals surface area contributed by atoms with Gasteiger partial charge in [0.05, 0.1) is 15.7 Å². The summed E-state index contributed by atoms with van der Waals surface area (Å²) in [5.41, 5.74) is 1.08. The molecule has 0 amide bonds. The fourth-order valence-electron chi connectivity index (χ4n) is 1.94. The van der Waals surface area contributed by atoms with Gasteiger partial charge in [-0.3, -0.25) is 0 Å². The molecule has 25 heavy (non-hydrogen) atoms. The summed E-state index contributed by atoms with van der Waals surface area (Å²) >= 11 is 6.01. The molecule has 1 aromatic rings. The van der Waals surface area contributed by atoms with Crippen LogP contribution in [-0.2, 0) is 15.4 Å². The van der Waals surface area contributed by atoms with Crippen LogP contribution in [-0.4, -0.2) is 23.9 Å². The van der Waals surface area contributed by atoms with E-state index in [0.717, 1.165) is 12.0 Å². The highest BCUT2D eigenvalue weighted by Crippen LogP contribution is 2.37. The highest BCUT2D eigenvalue weighted by atomic mass is 35.5. The van der Waals surface area contributed by atoms with E-state index in [0.29, 0.717) is 11.6 Å². The summed E-state index contributed by atoms with van der Waals surface area (Å²) in [6.45, 7) is 17.8. The van der Waals surface area contributed by atoms with Crippen LogP contribution in [0.1, 0.15) is 59.6 Å². The first-order chi connectivity index (χ1) is 11.2. The molecule has 3 nitrogen and oxygen atoms in total. The van der Waals surface area contributed by atoms with Crippen molar-refractivity contribution in [2.24, 2.45) is 0 Å². The Morgan fingerprint density at radius 1 is 1.12 bits per heavy atom. The van der Waals surface area contributed by atoms with Crippen LogP contribution in [0.25, 0.3) is 0 Å². The summed E-state index contributed by atoms with van der Waals surface area (Å²) in [4.78, 5) is 0. The Balaban J connectivity index is 2.85. The van der Waals surface area contributed by atoms with E-state index in [2.05, 4.69) is 38.6 Å². The Hall–Kier alpha value is -0.203. The van der Waals surface area contributed by atoms with Gasteiger partial charge in [-0.15, -0.1) is 0 Å². The second kappa shape index (κ2) is 8.66. The number of hydrogen-bond acceptors (Lipinski definition) is 2. The van der Waals surface area contributed by atoms with Gasteiger partial charge in [-0.2, -0.15) is 0 Å². The highest BCUT2D eigenvalue weighted by Gasteiger charge is 2.37. The van der Waals surface area contributed by atoms with Crippen LogP contribution in [0.5, 0.6) is 0 Å². The molecule has 0 unspecified atom stereocenters. The van der Waals surface area contributed by atoms with Crippen molar-refractivity contribution in [2.45, 2.75) is 76.9 Å². The third-order valence-corrected chi connectivity index (χ3v) is 11.2. The molecule has 0 aromatic heterocycles. The highest BCUT2D eigenvalue weighted by molar-refractivity contribution is 7.84. The van der Waals surface area contributed by atoms with Crippen molar-refractivity contribution in [3.8, 4) is 0 Å². The number of halogens is 1. The molecule has 0 bridgehead atoms. The number of rotatable bonds is 7. The summed E-state index contributed by atoms with van der Waals surface area (Å²) < 4.78 is 21.9. The minimum Gasteiger partial charge on any atom is -0.417 e. The Bertz CT molecular complexity index is 577. The lowest BCUT2D eigenvalue weighted by Gasteiger charge is -2.36. The zero-order valence-corrected chi connectivity index (χ0v) is 19.5. The minimum atomic E-state index is -1.78. The second-order valence-corrected chi connectivity index (χ2v) is 16.2. The number of hydrogen-bond donors (Lipinski definition) is 1. The van der Waals surface area contributed by atoms with E-state index < -0.39 is 19.3 Å². The standard InChI is InChI=1S/C19H34ClNO2SSi/c1-18(2,3)24(22)21-17(15-9-11-16(20)12-10-15)13-14-23-25(7,8)19(4,5)6/h9-12,17,21H,13-14H2,1-8H3/t17-,24+/m0/s1. The number of benzene rings is 1. The zero-order chi connectivity index (χ0) is 19.5. The van der Waals surface area contributed by atoms with E-state index in [1.54, 1.807) is 0 Å². The maximum atomic E-state index is 12.6. The third-order valence-electron chi connectivity index (χ3n) is 4.75. The molecule has 0 saturated carbocycles. The van der Waals surface area contributed by atoms with Crippen molar-refractivity contribution < 1.29 is 8.63 Å². The van der Waals surface area contributed by atoms with Crippen molar-refractivity contribution in [1.29, 1.82) is 0 Å². The van der Waals surface area contributed by atoms with Gasteiger partial charge in [-0.1, -0.05) is 44.5 Å². The molecule has 1 rings (SSSR count). The first kappa shape index (κ1) is 22.8. The summed E-state index contributed by atoms with van der Waals surface area (Å²) in [6.07, 6.45) is 0.774. The molecule has 0 fully saturated rings. The second-order valence-electron chi connectivity index (χ2n) is 9.00. The smallest absolute Gasteiger partial charge is 0.191 e. The van der Waals surface area contributed by atoms with Crippen LogP contribution in [0.15, 0.2) is 24.3 Å². The van der Waals surface area contributed by atoms with Crippen LogP contribution < -0.4 is 4.72 Å². The van der Waals surface area contributed by atoms with Crippen molar-refractivity contribution in [1.82, 2.24) is 4.72 Å². The normalized spacial score (nSPS) is 15.9. The molecule has 0 saturated heterocycles. The van der Waals surface area contributed by atoms with E-state index in [-0.39, 0.29) is 15.8 Å². The molecule has 0 heterocycles. The van der Waals surface area contributed by atoms with Crippen LogP contribution in [0, 0.1) is 0 Å². The van der Waals surface area contributed by atoms with E-state index in [9.17, 15) is 4.21 Å². The molecule has 0 spiro atoms. The predicted octanol–water partition coefficient (Wildman–Crippen LogP) is 5.84. The quantitative estimate of drug-likeness (QED) is 0.580. The maximum Gasteiger partial charge on any atom is 0.191 e.